The Labute approximate surface area is 237 Å². The number of anilines is 1. The normalized spacial score (nSPS) is 29.0. The molecule has 3 heterocycles. The highest BCUT2D eigenvalue weighted by Gasteiger charge is 2.80. The van der Waals surface area contributed by atoms with Gasteiger partial charge in [0.25, 0.3) is 0 Å². The van der Waals surface area contributed by atoms with Gasteiger partial charge in [-0.2, -0.15) is 15.4 Å². The van der Waals surface area contributed by atoms with Gasteiger partial charge < -0.3 is 24.8 Å². The van der Waals surface area contributed by atoms with Crippen molar-refractivity contribution < 1.29 is 33.0 Å². The Balaban J connectivity index is 1.37. The monoisotopic (exact) mass is 584 g/mol. The molecule has 2 aliphatic rings. The fraction of sp³-hybridized carbons (Fsp3) is 0.481. The lowest BCUT2D eigenvalue weighted by atomic mass is 9.82. The maximum Gasteiger partial charge on any atom is 0.459 e. The zero-order valence-electron chi connectivity index (χ0n) is 23.1. The summed E-state index contributed by atoms with van der Waals surface area (Å²) >= 11 is 0. The predicted molar refractivity (Wildman–Crippen MR) is 146 cm³/mol. The average Bonchev–Trinajstić information content (AvgIpc) is 3.20. The third-order valence-corrected chi connectivity index (χ3v) is 9.38. The number of benzene rings is 1. The van der Waals surface area contributed by atoms with E-state index in [0.29, 0.717) is 11.2 Å². The molecule has 14 heteroatoms. The van der Waals surface area contributed by atoms with Crippen LogP contribution in [0.3, 0.4) is 0 Å². The van der Waals surface area contributed by atoms with E-state index >= 15 is 0 Å². The molecule has 3 aromatic rings. The minimum absolute atomic E-state index is 0.149. The Morgan fingerprint density at radius 2 is 2.05 bits per heavy atom. The number of nitrogens with one attached hydrogen (secondary N) is 1. The van der Waals surface area contributed by atoms with E-state index in [4.69, 9.17) is 24.3 Å². The van der Waals surface area contributed by atoms with Crippen molar-refractivity contribution in [3.63, 3.8) is 0 Å². The number of nitrogens with zero attached hydrogens (tertiary/aromatic N) is 4. The lowest BCUT2D eigenvalue weighted by molar-refractivity contribution is -0.146. The van der Waals surface area contributed by atoms with Crippen molar-refractivity contribution in [2.75, 3.05) is 18.9 Å². The van der Waals surface area contributed by atoms with E-state index in [-0.39, 0.29) is 30.7 Å². The minimum Gasteiger partial charge on any atom is -0.465 e. The van der Waals surface area contributed by atoms with Gasteiger partial charge in [0, 0.05) is 11.8 Å². The molecule has 7 atom stereocenters. The van der Waals surface area contributed by atoms with Crippen LogP contribution in [-0.2, 0) is 29.0 Å². The number of ether oxygens (including phenoxy) is 2. The van der Waals surface area contributed by atoms with Gasteiger partial charge in [-0.05, 0) is 37.1 Å². The minimum atomic E-state index is -4.17. The fourth-order valence-corrected chi connectivity index (χ4v) is 7.17. The molecule has 2 aromatic heterocycles. The van der Waals surface area contributed by atoms with Crippen LogP contribution in [0, 0.1) is 29.1 Å². The topological polar surface area (TPSA) is 183 Å². The summed E-state index contributed by atoms with van der Waals surface area (Å²) in [6, 6.07) is 13.0. The summed E-state index contributed by atoms with van der Waals surface area (Å²) in [4.78, 5) is 16.6. The Kier molecular flexibility index (Phi) is 7.57. The van der Waals surface area contributed by atoms with E-state index in [2.05, 4.69) is 21.2 Å². The van der Waals surface area contributed by atoms with Crippen molar-refractivity contribution in [2.45, 2.75) is 51.0 Å². The molecular formula is C27H33N6O7P. The van der Waals surface area contributed by atoms with Crippen molar-refractivity contribution in [1.29, 1.82) is 5.26 Å². The van der Waals surface area contributed by atoms with E-state index in [9.17, 15) is 19.7 Å². The summed E-state index contributed by atoms with van der Waals surface area (Å²) in [6.45, 7) is 6.85. The first-order valence-corrected chi connectivity index (χ1v) is 14.9. The van der Waals surface area contributed by atoms with E-state index in [1.54, 1.807) is 70.2 Å². The molecule has 1 aliphatic carbocycles. The van der Waals surface area contributed by atoms with Gasteiger partial charge in [0.1, 0.15) is 35.3 Å². The highest BCUT2D eigenvalue weighted by molar-refractivity contribution is 7.52. The molecule has 5 rings (SSSR count). The molecule has 41 heavy (non-hydrogen) atoms. The second-order valence-corrected chi connectivity index (χ2v) is 12.3. The number of hydrogen-bond donors (Lipinski definition) is 3. The molecule has 1 saturated carbocycles. The first-order chi connectivity index (χ1) is 19.5. The number of aliphatic hydroxyl groups is 1. The summed E-state index contributed by atoms with van der Waals surface area (Å²) in [6.07, 6.45) is 0.485. The van der Waals surface area contributed by atoms with Crippen molar-refractivity contribution in [3.05, 3.63) is 54.5 Å². The van der Waals surface area contributed by atoms with Crippen LogP contribution in [0.2, 0.25) is 0 Å². The SMILES string of the molecule is CCOC(=O)C(NP(=O)(OCC1C2OC(C#N)(c3ccc4c(N)ncnn34)C(C)C12O)Oc1ccccc1)C(C)C. The smallest absolute Gasteiger partial charge is 0.459 e. The highest BCUT2D eigenvalue weighted by atomic mass is 31.2. The molecule has 1 aromatic carbocycles. The third-order valence-electron chi connectivity index (χ3n) is 7.85. The zero-order valence-corrected chi connectivity index (χ0v) is 24.0. The van der Waals surface area contributed by atoms with Crippen LogP contribution in [0.15, 0.2) is 48.8 Å². The Hall–Kier alpha value is -3.53. The van der Waals surface area contributed by atoms with Gasteiger partial charge in [0.2, 0.25) is 5.60 Å². The van der Waals surface area contributed by atoms with E-state index in [1.165, 1.54) is 10.8 Å². The summed E-state index contributed by atoms with van der Waals surface area (Å²) < 4.78 is 38.5. The van der Waals surface area contributed by atoms with Gasteiger partial charge >= 0.3 is 13.7 Å². The van der Waals surface area contributed by atoms with Crippen LogP contribution < -0.4 is 15.3 Å². The molecule has 0 amide bonds. The largest absolute Gasteiger partial charge is 0.465 e. The summed E-state index contributed by atoms with van der Waals surface area (Å²) in [7, 11) is -4.17. The van der Waals surface area contributed by atoms with Crippen LogP contribution in [0.25, 0.3) is 5.52 Å². The van der Waals surface area contributed by atoms with Gasteiger partial charge in [-0.15, -0.1) is 0 Å². The molecule has 1 saturated heterocycles. The van der Waals surface area contributed by atoms with Crippen LogP contribution >= 0.6 is 7.75 Å². The van der Waals surface area contributed by atoms with Crippen LogP contribution in [0.5, 0.6) is 5.75 Å². The standard InChI is InChI=1S/C27H33N6O7P/c1-5-37-25(34)22(16(2)3)32-41(36,40-18-9-7-6-8-10-18)38-13-19-23-27(19,35)17(4)26(14-28,39-23)21-12-11-20-24(29)30-15-31-33(20)21/h6-12,15-17,19,22-23,35H,5,13H2,1-4H3,(H,32,36)(H2,29,30,31). The van der Waals surface area contributed by atoms with Crippen molar-refractivity contribution in [1.82, 2.24) is 19.7 Å². The number of aromatic nitrogens is 3. The lowest BCUT2D eigenvalue weighted by Crippen LogP contribution is -2.42. The molecule has 13 nitrogen and oxygen atoms in total. The van der Waals surface area contributed by atoms with Crippen molar-refractivity contribution in [3.8, 4) is 11.8 Å². The van der Waals surface area contributed by atoms with E-state index < -0.39 is 48.9 Å². The molecule has 218 valence electrons. The number of para-hydroxylation sites is 1. The summed E-state index contributed by atoms with van der Waals surface area (Å²) in [5.74, 6) is -1.74. The van der Waals surface area contributed by atoms with Crippen LogP contribution in [-0.4, -0.2) is 56.6 Å². The maximum absolute atomic E-state index is 14.0. The zero-order chi connectivity index (χ0) is 29.6. The van der Waals surface area contributed by atoms with Gasteiger partial charge in [-0.25, -0.2) is 14.1 Å². The Morgan fingerprint density at radius 1 is 1.32 bits per heavy atom. The maximum atomic E-state index is 14.0. The molecule has 1 aliphatic heterocycles. The number of hydrogen-bond acceptors (Lipinski definition) is 11. The van der Waals surface area contributed by atoms with Gasteiger partial charge in [0.05, 0.1) is 25.0 Å². The fourth-order valence-electron chi connectivity index (χ4n) is 5.49. The molecular weight excluding hydrogens is 551 g/mol. The third kappa shape index (κ3) is 4.86. The van der Waals surface area contributed by atoms with Crippen molar-refractivity contribution >= 4 is 25.1 Å². The van der Waals surface area contributed by atoms with Crippen LogP contribution in [0.1, 0.15) is 33.4 Å². The highest BCUT2D eigenvalue weighted by Crippen LogP contribution is 2.65. The molecule has 4 N–H and O–H groups in total. The number of rotatable bonds is 11. The van der Waals surface area contributed by atoms with E-state index in [0.717, 1.165) is 0 Å². The number of carbonyl (C=O) groups excluding carboxylic acids is 1. The second-order valence-electron chi connectivity index (χ2n) is 10.6. The first-order valence-electron chi connectivity index (χ1n) is 13.3. The number of nitrogens with two attached hydrogens (primary N) is 1. The molecule has 0 bridgehead atoms. The molecule has 2 fully saturated rings. The number of nitrogen functional groups attached to an aromatic ring is 1. The number of nitriles is 1. The number of esters is 1. The molecule has 0 spiro atoms. The molecule has 7 unspecified atom stereocenters. The predicted octanol–water partition coefficient (Wildman–Crippen LogP) is 2.81. The average molecular weight is 585 g/mol. The summed E-state index contributed by atoms with van der Waals surface area (Å²) in [5.41, 5.74) is 3.88. The van der Waals surface area contributed by atoms with Gasteiger partial charge in [-0.1, -0.05) is 39.0 Å². The first kappa shape index (κ1) is 29.0. The van der Waals surface area contributed by atoms with Gasteiger partial charge in [0.15, 0.2) is 5.82 Å². The Morgan fingerprint density at radius 3 is 2.66 bits per heavy atom. The number of carbonyl (C=O) groups is 1. The van der Waals surface area contributed by atoms with E-state index in [1.807, 2.05) is 0 Å². The van der Waals surface area contributed by atoms with Crippen LogP contribution in [0.4, 0.5) is 5.82 Å². The van der Waals surface area contributed by atoms with Gasteiger partial charge in [-0.3, -0.25) is 9.32 Å². The Bertz CT molecular complexity index is 1530. The quantitative estimate of drug-likeness (QED) is 0.222. The molecule has 0 radical (unpaired) electrons. The number of fused-ring (bicyclic) bond motifs is 2. The van der Waals surface area contributed by atoms with Crippen molar-refractivity contribution in [2.24, 2.45) is 17.8 Å². The second kappa shape index (κ2) is 10.7. The lowest BCUT2D eigenvalue weighted by Gasteiger charge is -2.31. The summed E-state index contributed by atoms with van der Waals surface area (Å²) in [5, 5.41) is 28.9.